The molecule has 1 amide bonds. The highest BCUT2D eigenvalue weighted by molar-refractivity contribution is 6.31. The summed E-state index contributed by atoms with van der Waals surface area (Å²) in [6, 6.07) is 5.96. The third-order valence-corrected chi connectivity index (χ3v) is 8.16. The molecule has 33 heavy (non-hydrogen) atoms. The van der Waals surface area contributed by atoms with Crippen LogP contribution in [0.4, 0.5) is 5.95 Å². The van der Waals surface area contributed by atoms with Crippen molar-refractivity contribution in [1.82, 2.24) is 24.5 Å². The maximum atomic E-state index is 12.9. The predicted octanol–water partition coefficient (Wildman–Crippen LogP) is 4.82. The van der Waals surface area contributed by atoms with E-state index in [-0.39, 0.29) is 12.0 Å². The zero-order valence-electron chi connectivity index (χ0n) is 19.2. The number of rotatable bonds is 3. The SMILES string of the molecule is CC1CN(c2nc3cc(Cl)ccc3c3nnc(C4CCCCC4)n23)CCN1C(=O)C1CCC1. The van der Waals surface area contributed by atoms with Crippen LogP contribution in [0.15, 0.2) is 18.2 Å². The van der Waals surface area contributed by atoms with Crippen LogP contribution in [0.25, 0.3) is 16.6 Å². The molecule has 0 N–H and O–H groups in total. The Morgan fingerprint density at radius 3 is 2.58 bits per heavy atom. The van der Waals surface area contributed by atoms with Crippen molar-refractivity contribution in [3.8, 4) is 0 Å². The molecule has 174 valence electrons. The van der Waals surface area contributed by atoms with Crippen molar-refractivity contribution in [2.75, 3.05) is 24.5 Å². The summed E-state index contributed by atoms with van der Waals surface area (Å²) < 4.78 is 2.20. The van der Waals surface area contributed by atoms with Crippen LogP contribution in [0.5, 0.6) is 0 Å². The van der Waals surface area contributed by atoms with Crippen LogP contribution >= 0.6 is 11.6 Å². The van der Waals surface area contributed by atoms with Crippen LogP contribution in [0, 0.1) is 5.92 Å². The van der Waals surface area contributed by atoms with Crippen molar-refractivity contribution < 1.29 is 4.79 Å². The Morgan fingerprint density at radius 2 is 1.85 bits per heavy atom. The van der Waals surface area contributed by atoms with E-state index in [1.54, 1.807) is 0 Å². The van der Waals surface area contributed by atoms with Gasteiger partial charge in [0.05, 0.1) is 5.52 Å². The highest BCUT2D eigenvalue weighted by Gasteiger charge is 2.36. The van der Waals surface area contributed by atoms with Crippen molar-refractivity contribution >= 4 is 40.0 Å². The monoisotopic (exact) mass is 466 g/mol. The second-order valence-electron chi connectivity index (χ2n) is 10.1. The molecule has 3 aromatic rings. The Hall–Kier alpha value is -2.41. The maximum Gasteiger partial charge on any atom is 0.226 e. The fourth-order valence-corrected chi connectivity index (χ4v) is 5.97. The fraction of sp³-hybridized carbons (Fsp3) is 0.600. The van der Waals surface area contributed by atoms with Gasteiger partial charge in [0.2, 0.25) is 11.9 Å². The van der Waals surface area contributed by atoms with Gasteiger partial charge in [-0.05, 0) is 50.8 Å². The molecule has 0 spiro atoms. The second-order valence-corrected chi connectivity index (χ2v) is 10.5. The Labute approximate surface area is 199 Å². The first-order valence-corrected chi connectivity index (χ1v) is 12.9. The molecule has 1 aliphatic heterocycles. The van der Waals surface area contributed by atoms with Crippen molar-refractivity contribution in [3.05, 3.63) is 29.0 Å². The van der Waals surface area contributed by atoms with E-state index in [1.807, 2.05) is 18.2 Å². The molecule has 2 saturated carbocycles. The van der Waals surface area contributed by atoms with Crippen LogP contribution in [-0.2, 0) is 4.79 Å². The van der Waals surface area contributed by atoms with Crippen molar-refractivity contribution in [2.24, 2.45) is 5.92 Å². The fourth-order valence-electron chi connectivity index (χ4n) is 5.81. The average Bonchev–Trinajstić information content (AvgIpc) is 3.23. The average molecular weight is 467 g/mol. The molecule has 8 heteroatoms. The highest BCUT2D eigenvalue weighted by atomic mass is 35.5. The topological polar surface area (TPSA) is 66.6 Å². The molecule has 7 nitrogen and oxygen atoms in total. The zero-order chi connectivity index (χ0) is 22.5. The lowest BCUT2D eigenvalue weighted by molar-refractivity contribution is -0.140. The summed E-state index contributed by atoms with van der Waals surface area (Å²) >= 11 is 6.32. The summed E-state index contributed by atoms with van der Waals surface area (Å²) in [5.41, 5.74) is 1.70. The number of hydrogen-bond acceptors (Lipinski definition) is 5. The van der Waals surface area contributed by atoms with E-state index in [4.69, 9.17) is 21.7 Å². The number of carbonyl (C=O) groups is 1. The maximum absolute atomic E-state index is 12.9. The minimum atomic E-state index is 0.147. The Balaban J connectivity index is 1.41. The number of fused-ring (bicyclic) bond motifs is 3. The van der Waals surface area contributed by atoms with Gasteiger partial charge in [-0.25, -0.2) is 9.38 Å². The molecule has 2 aromatic heterocycles. The van der Waals surface area contributed by atoms with Crippen molar-refractivity contribution in [2.45, 2.75) is 70.3 Å². The summed E-state index contributed by atoms with van der Waals surface area (Å²) in [7, 11) is 0. The molecule has 1 aromatic carbocycles. The quantitative estimate of drug-likeness (QED) is 0.553. The number of carbonyl (C=O) groups excluding carboxylic acids is 1. The van der Waals surface area contributed by atoms with Gasteiger partial charge in [-0.3, -0.25) is 4.79 Å². The molecule has 3 heterocycles. The Morgan fingerprint density at radius 1 is 1.03 bits per heavy atom. The Kier molecular flexibility index (Phi) is 5.40. The largest absolute Gasteiger partial charge is 0.338 e. The van der Waals surface area contributed by atoms with Gasteiger partial charge < -0.3 is 9.80 Å². The molecule has 3 fully saturated rings. The van der Waals surface area contributed by atoms with E-state index < -0.39 is 0 Å². The third kappa shape index (κ3) is 3.65. The number of benzene rings is 1. The summed E-state index contributed by atoms with van der Waals surface area (Å²) in [6.45, 7) is 4.41. The van der Waals surface area contributed by atoms with Crippen molar-refractivity contribution in [1.29, 1.82) is 0 Å². The Bertz CT molecular complexity index is 1200. The number of aromatic nitrogens is 4. The van der Waals surface area contributed by atoms with Crippen LogP contribution in [-0.4, -0.2) is 56.1 Å². The standard InChI is InChI=1S/C25H31ClN6O/c1-16-15-30(12-13-31(16)24(33)18-8-5-9-18)25-27-21-14-19(26)10-11-20(21)23-29-28-22(32(23)25)17-6-3-2-4-7-17/h10-11,14,16-18H,2-9,12-13,15H2,1H3. The summed E-state index contributed by atoms with van der Waals surface area (Å²) in [4.78, 5) is 22.4. The zero-order valence-corrected chi connectivity index (χ0v) is 20.0. The number of halogens is 1. The summed E-state index contributed by atoms with van der Waals surface area (Å²) in [6.07, 6.45) is 9.36. The van der Waals surface area contributed by atoms with E-state index in [9.17, 15) is 4.79 Å². The van der Waals surface area contributed by atoms with Gasteiger partial charge in [0.25, 0.3) is 0 Å². The smallest absolute Gasteiger partial charge is 0.226 e. The lowest BCUT2D eigenvalue weighted by Gasteiger charge is -2.43. The van der Waals surface area contributed by atoms with E-state index in [0.717, 1.165) is 73.6 Å². The molecular weight excluding hydrogens is 436 g/mol. The first-order valence-electron chi connectivity index (χ1n) is 12.5. The van der Waals surface area contributed by atoms with Crippen LogP contribution in [0.1, 0.15) is 70.0 Å². The van der Waals surface area contributed by atoms with Gasteiger partial charge in [-0.2, -0.15) is 0 Å². The third-order valence-electron chi connectivity index (χ3n) is 7.93. The molecule has 0 bridgehead atoms. The van der Waals surface area contributed by atoms with Crippen LogP contribution in [0.3, 0.4) is 0 Å². The summed E-state index contributed by atoms with van der Waals surface area (Å²) in [5, 5.41) is 11.0. The molecule has 2 aliphatic carbocycles. The molecule has 0 radical (unpaired) electrons. The van der Waals surface area contributed by atoms with Gasteiger partial charge in [-0.1, -0.05) is 37.3 Å². The molecule has 1 unspecified atom stereocenters. The van der Waals surface area contributed by atoms with Crippen LogP contribution < -0.4 is 4.90 Å². The molecule has 3 aliphatic rings. The lowest BCUT2D eigenvalue weighted by atomic mass is 9.84. The van der Waals surface area contributed by atoms with Crippen LogP contribution in [0.2, 0.25) is 5.02 Å². The number of amides is 1. The minimum absolute atomic E-state index is 0.147. The normalized spacial score (nSPS) is 22.8. The highest BCUT2D eigenvalue weighted by Crippen LogP contribution is 2.36. The molecule has 1 atom stereocenters. The van der Waals surface area contributed by atoms with E-state index >= 15 is 0 Å². The van der Waals surface area contributed by atoms with Gasteiger partial charge in [0.15, 0.2) is 5.65 Å². The molecular formula is C25H31ClN6O. The van der Waals surface area contributed by atoms with E-state index in [1.165, 1.54) is 25.7 Å². The van der Waals surface area contributed by atoms with Gasteiger partial charge in [-0.15, -0.1) is 10.2 Å². The first kappa shape index (κ1) is 21.1. The van der Waals surface area contributed by atoms with E-state index in [2.05, 4.69) is 26.2 Å². The van der Waals surface area contributed by atoms with Gasteiger partial charge >= 0.3 is 0 Å². The van der Waals surface area contributed by atoms with Gasteiger partial charge in [0.1, 0.15) is 5.82 Å². The minimum Gasteiger partial charge on any atom is -0.338 e. The molecule has 6 rings (SSSR count). The number of nitrogens with zero attached hydrogens (tertiary/aromatic N) is 6. The second kappa shape index (κ2) is 8.42. The number of piperazine rings is 1. The van der Waals surface area contributed by atoms with Gasteiger partial charge in [0, 0.05) is 47.9 Å². The predicted molar refractivity (Wildman–Crippen MR) is 130 cm³/mol. The lowest BCUT2D eigenvalue weighted by Crippen LogP contribution is -2.56. The molecule has 1 saturated heterocycles. The number of hydrogen-bond donors (Lipinski definition) is 0. The number of anilines is 1. The van der Waals surface area contributed by atoms with E-state index in [0.29, 0.717) is 16.8 Å². The summed E-state index contributed by atoms with van der Waals surface area (Å²) in [5.74, 6) is 2.90. The van der Waals surface area contributed by atoms with Crippen molar-refractivity contribution in [3.63, 3.8) is 0 Å². The first-order chi connectivity index (χ1) is 16.1.